The monoisotopic (exact) mass is 275 g/mol. The van der Waals surface area contributed by atoms with Gasteiger partial charge in [-0.25, -0.2) is 0 Å². The van der Waals surface area contributed by atoms with Crippen LogP contribution in [0.5, 0.6) is 0 Å². The lowest BCUT2D eigenvalue weighted by atomic mass is 9.90. The van der Waals surface area contributed by atoms with E-state index in [9.17, 15) is 0 Å². The maximum atomic E-state index is 6.47. The molecular weight excluding hydrogens is 246 g/mol. The van der Waals surface area contributed by atoms with Gasteiger partial charge in [-0.1, -0.05) is 32.8 Å². The fraction of sp³-hybridized carbons (Fsp3) is 0.706. The number of pyridine rings is 1. The molecule has 0 aliphatic carbocycles. The van der Waals surface area contributed by atoms with E-state index >= 15 is 0 Å². The van der Waals surface area contributed by atoms with Gasteiger partial charge in [-0.3, -0.25) is 9.88 Å². The zero-order chi connectivity index (χ0) is 14.4. The van der Waals surface area contributed by atoms with Crippen molar-refractivity contribution in [2.45, 2.75) is 70.5 Å². The average Bonchev–Trinajstić information content (AvgIpc) is 2.50. The van der Waals surface area contributed by atoms with Gasteiger partial charge in [0, 0.05) is 24.5 Å². The van der Waals surface area contributed by atoms with Gasteiger partial charge in [0.2, 0.25) is 0 Å². The third-order valence-electron chi connectivity index (χ3n) is 4.55. The summed E-state index contributed by atoms with van der Waals surface area (Å²) in [5, 5.41) is 0. The summed E-state index contributed by atoms with van der Waals surface area (Å²) in [6.45, 7) is 5.65. The highest BCUT2D eigenvalue weighted by atomic mass is 15.2. The first-order chi connectivity index (χ1) is 9.77. The third-order valence-corrected chi connectivity index (χ3v) is 4.55. The van der Waals surface area contributed by atoms with E-state index in [0.717, 1.165) is 6.42 Å². The minimum absolute atomic E-state index is 0.191. The summed E-state index contributed by atoms with van der Waals surface area (Å²) >= 11 is 0. The van der Waals surface area contributed by atoms with Gasteiger partial charge < -0.3 is 5.73 Å². The first-order valence-electron chi connectivity index (χ1n) is 8.19. The highest BCUT2D eigenvalue weighted by Crippen LogP contribution is 2.32. The molecule has 2 heterocycles. The number of nitrogens with two attached hydrogens (primary N) is 1. The molecule has 1 aliphatic heterocycles. The maximum absolute atomic E-state index is 6.47. The topological polar surface area (TPSA) is 42.2 Å². The second kappa shape index (κ2) is 7.75. The molecular formula is C17H29N3. The largest absolute Gasteiger partial charge is 0.326 e. The van der Waals surface area contributed by atoms with Crippen molar-refractivity contribution in [3.05, 3.63) is 30.1 Å². The molecule has 0 radical (unpaired) electrons. The Balaban J connectivity index is 2.25. The summed E-state index contributed by atoms with van der Waals surface area (Å²) in [5.74, 6) is 0. The van der Waals surface area contributed by atoms with Gasteiger partial charge in [0.1, 0.15) is 0 Å². The van der Waals surface area contributed by atoms with Gasteiger partial charge in [-0.15, -0.1) is 0 Å². The van der Waals surface area contributed by atoms with Crippen molar-refractivity contribution in [3.8, 4) is 0 Å². The molecule has 3 heteroatoms. The molecule has 0 aromatic carbocycles. The van der Waals surface area contributed by atoms with Crippen LogP contribution < -0.4 is 5.73 Å². The molecule has 3 unspecified atom stereocenters. The fourth-order valence-electron chi connectivity index (χ4n) is 3.49. The quantitative estimate of drug-likeness (QED) is 0.864. The standard InChI is InChI=1S/C17H29N3/c1-3-8-15-10-5-6-12-20(15)17(16(18)4-2)14-9-7-11-19-13-14/h7,9,11,13,15-17H,3-6,8,10,12,18H2,1-2H3. The predicted molar refractivity (Wildman–Crippen MR) is 84.5 cm³/mol. The lowest BCUT2D eigenvalue weighted by molar-refractivity contribution is 0.0724. The molecule has 1 aliphatic rings. The van der Waals surface area contributed by atoms with E-state index in [1.807, 2.05) is 18.5 Å². The van der Waals surface area contributed by atoms with E-state index in [2.05, 4.69) is 29.8 Å². The molecule has 2 N–H and O–H groups in total. The molecule has 1 aromatic rings. The van der Waals surface area contributed by atoms with Crippen LogP contribution >= 0.6 is 0 Å². The summed E-state index contributed by atoms with van der Waals surface area (Å²) in [6.07, 6.45) is 11.4. The first-order valence-corrected chi connectivity index (χ1v) is 8.19. The Bertz CT molecular complexity index is 377. The number of piperidine rings is 1. The van der Waals surface area contributed by atoms with E-state index in [0.29, 0.717) is 12.1 Å². The zero-order valence-corrected chi connectivity index (χ0v) is 13.0. The van der Waals surface area contributed by atoms with Crippen LogP contribution in [0.2, 0.25) is 0 Å². The Morgan fingerprint density at radius 2 is 2.25 bits per heavy atom. The summed E-state index contributed by atoms with van der Waals surface area (Å²) in [5.41, 5.74) is 7.75. The van der Waals surface area contributed by atoms with Gasteiger partial charge >= 0.3 is 0 Å². The third kappa shape index (κ3) is 3.58. The van der Waals surface area contributed by atoms with Gasteiger partial charge in [0.15, 0.2) is 0 Å². The number of nitrogens with zero attached hydrogens (tertiary/aromatic N) is 2. The van der Waals surface area contributed by atoms with E-state index < -0.39 is 0 Å². The van der Waals surface area contributed by atoms with Crippen LogP contribution in [0.4, 0.5) is 0 Å². The van der Waals surface area contributed by atoms with Crippen LogP contribution in [-0.2, 0) is 0 Å². The number of likely N-dealkylation sites (tertiary alicyclic amines) is 1. The summed E-state index contributed by atoms with van der Waals surface area (Å²) in [4.78, 5) is 6.97. The summed E-state index contributed by atoms with van der Waals surface area (Å²) < 4.78 is 0. The molecule has 1 saturated heterocycles. The number of rotatable bonds is 6. The van der Waals surface area contributed by atoms with E-state index in [1.165, 1.54) is 44.2 Å². The van der Waals surface area contributed by atoms with Crippen LogP contribution in [0.1, 0.15) is 64.0 Å². The van der Waals surface area contributed by atoms with Crippen molar-refractivity contribution >= 4 is 0 Å². The Labute approximate surface area is 123 Å². The smallest absolute Gasteiger partial charge is 0.0517 e. The minimum atomic E-state index is 0.191. The van der Waals surface area contributed by atoms with Crippen LogP contribution in [0, 0.1) is 0 Å². The van der Waals surface area contributed by atoms with Crippen LogP contribution in [0.3, 0.4) is 0 Å². The van der Waals surface area contributed by atoms with Crippen molar-refractivity contribution in [1.29, 1.82) is 0 Å². The Morgan fingerprint density at radius 1 is 1.40 bits per heavy atom. The van der Waals surface area contributed by atoms with Crippen LogP contribution in [0.15, 0.2) is 24.5 Å². The molecule has 3 atom stereocenters. The van der Waals surface area contributed by atoms with Crippen molar-refractivity contribution in [2.24, 2.45) is 5.73 Å². The highest BCUT2D eigenvalue weighted by molar-refractivity contribution is 5.17. The molecule has 1 aromatic heterocycles. The van der Waals surface area contributed by atoms with Crippen molar-refractivity contribution in [1.82, 2.24) is 9.88 Å². The summed E-state index contributed by atoms with van der Waals surface area (Å²) in [6, 6.07) is 5.42. The van der Waals surface area contributed by atoms with Crippen molar-refractivity contribution in [3.63, 3.8) is 0 Å². The Kier molecular flexibility index (Phi) is 5.99. The van der Waals surface area contributed by atoms with E-state index in [4.69, 9.17) is 5.73 Å². The molecule has 0 saturated carbocycles. The van der Waals surface area contributed by atoms with Crippen molar-refractivity contribution in [2.75, 3.05) is 6.54 Å². The van der Waals surface area contributed by atoms with E-state index in [1.54, 1.807) is 0 Å². The number of hydrogen-bond acceptors (Lipinski definition) is 3. The molecule has 0 amide bonds. The molecule has 3 nitrogen and oxygen atoms in total. The lowest BCUT2D eigenvalue weighted by Crippen LogP contribution is -2.48. The zero-order valence-electron chi connectivity index (χ0n) is 13.0. The second-order valence-electron chi connectivity index (χ2n) is 5.98. The Morgan fingerprint density at radius 3 is 2.90 bits per heavy atom. The predicted octanol–water partition coefficient (Wildman–Crippen LogP) is 3.51. The van der Waals surface area contributed by atoms with Crippen LogP contribution in [0.25, 0.3) is 0 Å². The van der Waals surface area contributed by atoms with Gasteiger partial charge in [0.25, 0.3) is 0 Å². The molecule has 0 bridgehead atoms. The van der Waals surface area contributed by atoms with Crippen molar-refractivity contribution < 1.29 is 0 Å². The minimum Gasteiger partial charge on any atom is -0.326 e. The molecule has 1 fully saturated rings. The normalized spacial score (nSPS) is 23.4. The SMILES string of the molecule is CCCC1CCCCN1C(c1cccnc1)C(N)CC. The fourth-order valence-corrected chi connectivity index (χ4v) is 3.49. The molecule has 112 valence electrons. The summed E-state index contributed by atoms with van der Waals surface area (Å²) in [7, 11) is 0. The number of hydrogen-bond donors (Lipinski definition) is 1. The molecule has 20 heavy (non-hydrogen) atoms. The second-order valence-corrected chi connectivity index (χ2v) is 5.98. The van der Waals surface area contributed by atoms with Gasteiger partial charge in [0.05, 0.1) is 6.04 Å². The van der Waals surface area contributed by atoms with Gasteiger partial charge in [-0.05, 0) is 43.9 Å². The number of aromatic nitrogens is 1. The van der Waals surface area contributed by atoms with E-state index in [-0.39, 0.29) is 6.04 Å². The molecule has 2 rings (SSSR count). The lowest BCUT2D eigenvalue weighted by Gasteiger charge is -2.43. The molecule has 0 spiro atoms. The van der Waals surface area contributed by atoms with Gasteiger partial charge in [-0.2, -0.15) is 0 Å². The first kappa shape index (κ1) is 15.5. The average molecular weight is 275 g/mol. The van der Waals surface area contributed by atoms with Crippen LogP contribution in [-0.4, -0.2) is 28.5 Å². The highest BCUT2D eigenvalue weighted by Gasteiger charge is 2.32. The Hall–Kier alpha value is -0.930. The maximum Gasteiger partial charge on any atom is 0.0517 e.